The number of allylic oxidation sites excluding steroid dienone is 1. The third-order valence-electron chi connectivity index (χ3n) is 2.61. The fraction of sp³-hybridized carbons (Fsp3) is 0.400. The first-order valence-electron chi connectivity index (χ1n) is 5.89. The lowest BCUT2D eigenvalue weighted by Gasteiger charge is -2.19. The van der Waals surface area contributed by atoms with Crippen LogP contribution in [0, 0.1) is 5.41 Å². The second-order valence-electron chi connectivity index (χ2n) is 4.64. The second-order valence-corrected chi connectivity index (χ2v) is 4.64. The van der Waals surface area contributed by atoms with Gasteiger partial charge >= 0.3 is 5.97 Å². The Morgan fingerprint density at radius 1 is 1.29 bits per heavy atom. The molecule has 0 saturated carbocycles. The fourth-order valence-corrected chi connectivity index (χ4v) is 1.70. The number of carbonyl (C=O) groups is 1. The number of benzene rings is 1. The zero-order chi connectivity index (χ0) is 12.9. The molecule has 2 nitrogen and oxygen atoms in total. The molecule has 0 aliphatic heterocycles. The maximum absolute atomic E-state index is 11.8. The first-order chi connectivity index (χ1) is 7.97. The number of carbonyl (C=O) groups excluding carboxylic acids is 1. The minimum absolute atomic E-state index is 0.185. The van der Waals surface area contributed by atoms with Crippen molar-refractivity contribution in [1.29, 1.82) is 0 Å². The van der Waals surface area contributed by atoms with Crippen LogP contribution in [0.1, 0.15) is 33.3 Å². The van der Waals surface area contributed by atoms with Crippen LogP contribution in [0.4, 0.5) is 0 Å². The average Bonchev–Trinajstić information content (AvgIpc) is 2.30. The summed E-state index contributed by atoms with van der Waals surface area (Å²) in [5.74, 6) is -0.185. The van der Waals surface area contributed by atoms with Crippen LogP contribution >= 0.6 is 0 Å². The Morgan fingerprint density at radius 2 is 1.88 bits per heavy atom. The van der Waals surface area contributed by atoms with Crippen molar-refractivity contribution >= 4 is 11.5 Å². The van der Waals surface area contributed by atoms with Crippen molar-refractivity contribution in [2.24, 2.45) is 5.41 Å². The van der Waals surface area contributed by atoms with Crippen LogP contribution in [0.25, 0.3) is 5.57 Å². The molecular formula is C15H20O2. The molecule has 0 saturated heterocycles. The normalized spacial score (nSPS) is 12.4. The van der Waals surface area contributed by atoms with Crippen molar-refractivity contribution in [2.75, 3.05) is 6.61 Å². The SMILES string of the molecule is CCOC(=O)C(C)(C)/C=C(\C)c1ccccc1. The van der Waals surface area contributed by atoms with Gasteiger partial charge in [-0.2, -0.15) is 0 Å². The molecule has 1 aromatic carbocycles. The van der Waals surface area contributed by atoms with Gasteiger partial charge in [-0.3, -0.25) is 4.79 Å². The molecule has 0 N–H and O–H groups in total. The van der Waals surface area contributed by atoms with Crippen LogP contribution in [-0.4, -0.2) is 12.6 Å². The molecule has 0 bridgehead atoms. The van der Waals surface area contributed by atoms with E-state index in [9.17, 15) is 4.79 Å². The Hall–Kier alpha value is -1.57. The Labute approximate surface area is 103 Å². The van der Waals surface area contributed by atoms with Crippen LogP contribution in [0.15, 0.2) is 36.4 Å². The van der Waals surface area contributed by atoms with Gasteiger partial charge < -0.3 is 4.74 Å². The molecule has 0 aliphatic rings. The first kappa shape index (κ1) is 13.5. The van der Waals surface area contributed by atoms with E-state index in [-0.39, 0.29) is 5.97 Å². The summed E-state index contributed by atoms with van der Waals surface area (Å²) < 4.78 is 5.06. The van der Waals surface area contributed by atoms with Crippen LogP contribution in [0.2, 0.25) is 0 Å². The van der Waals surface area contributed by atoms with E-state index in [1.165, 1.54) is 0 Å². The van der Waals surface area contributed by atoms with Crippen LogP contribution in [0.3, 0.4) is 0 Å². The van der Waals surface area contributed by atoms with E-state index in [4.69, 9.17) is 4.74 Å². The minimum atomic E-state index is -0.587. The minimum Gasteiger partial charge on any atom is -0.465 e. The summed E-state index contributed by atoms with van der Waals surface area (Å²) in [7, 11) is 0. The van der Waals surface area contributed by atoms with Gasteiger partial charge in [0.1, 0.15) is 0 Å². The number of ether oxygens (including phenoxy) is 1. The van der Waals surface area contributed by atoms with Crippen molar-refractivity contribution in [3.05, 3.63) is 42.0 Å². The molecule has 0 aromatic heterocycles. The van der Waals surface area contributed by atoms with Gasteiger partial charge in [0.2, 0.25) is 0 Å². The van der Waals surface area contributed by atoms with Crippen LogP contribution < -0.4 is 0 Å². The topological polar surface area (TPSA) is 26.3 Å². The van der Waals surface area contributed by atoms with Gasteiger partial charge in [0, 0.05) is 0 Å². The molecule has 17 heavy (non-hydrogen) atoms. The van der Waals surface area contributed by atoms with Gasteiger partial charge in [-0.1, -0.05) is 36.4 Å². The van der Waals surface area contributed by atoms with Gasteiger partial charge in [0.05, 0.1) is 12.0 Å². The summed E-state index contributed by atoms with van der Waals surface area (Å²) in [5.41, 5.74) is 1.63. The highest BCUT2D eigenvalue weighted by Gasteiger charge is 2.26. The van der Waals surface area contributed by atoms with Crippen molar-refractivity contribution in [1.82, 2.24) is 0 Å². The summed E-state index contributed by atoms with van der Waals surface area (Å²) in [6.45, 7) is 7.99. The number of hydrogen-bond acceptors (Lipinski definition) is 2. The number of hydrogen-bond donors (Lipinski definition) is 0. The third-order valence-corrected chi connectivity index (χ3v) is 2.61. The summed E-state index contributed by atoms with van der Waals surface area (Å²) >= 11 is 0. The molecule has 1 rings (SSSR count). The second kappa shape index (κ2) is 5.67. The summed E-state index contributed by atoms with van der Waals surface area (Å²) in [6, 6.07) is 10.0. The molecule has 0 atom stereocenters. The van der Waals surface area contributed by atoms with Crippen molar-refractivity contribution in [3.63, 3.8) is 0 Å². The Bertz CT molecular complexity index is 402. The fourth-order valence-electron chi connectivity index (χ4n) is 1.70. The van der Waals surface area contributed by atoms with Crippen LogP contribution in [0.5, 0.6) is 0 Å². The van der Waals surface area contributed by atoms with Gasteiger partial charge in [-0.05, 0) is 38.8 Å². The summed E-state index contributed by atoms with van der Waals surface area (Å²) in [5, 5.41) is 0. The zero-order valence-electron chi connectivity index (χ0n) is 11.0. The molecule has 2 heteroatoms. The standard InChI is InChI=1S/C15H20O2/c1-5-17-14(16)15(3,4)11-12(2)13-9-7-6-8-10-13/h6-11H,5H2,1-4H3/b12-11+. The molecule has 0 radical (unpaired) electrons. The van der Waals surface area contributed by atoms with Gasteiger partial charge in [-0.25, -0.2) is 0 Å². The van der Waals surface area contributed by atoms with Crippen LogP contribution in [-0.2, 0) is 9.53 Å². The smallest absolute Gasteiger partial charge is 0.315 e. The summed E-state index contributed by atoms with van der Waals surface area (Å²) in [4.78, 5) is 11.8. The lowest BCUT2D eigenvalue weighted by molar-refractivity contribution is -0.150. The van der Waals surface area contributed by atoms with E-state index in [0.717, 1.165) is 11.1 Å². The van der Waals surface area contributed by atoms with Gasteiger partial charge in [-0.15, -0.1) is 0 Å². The average molecular weight is 232 g/mol. The molecule has 1 aromatic rings. The molecule has 0 unspecified atom stereocenters. The Balaban J connectivity index is 2.91. The highest BCUT2D eigenvalue weighted by atomic mass is 16.5. The molecule has 0 fully saturated rings. The van der Waals surface area contributed by atoms with Gasteiger partial charge in [0.15, 0.2) is 0 Å². The van der Waals surface area contributed by atoms with E-state index >= 15 is 0 Å². The highest BCUT2D eigenvalue weighted by Crippen LogP contribution is 2.25. The molecule has 0 aliphatic carbocycles. The van der Waals surface area contributed by atoms with Crippen molar-refractivity contribution in [2.45, 2.75) is 27.7 Å². The molecular weight excluding hydrogens is 212 g/mol. The third kappa shape index (κ3) is 3.74. The van der Waals surface area contributed by atoms with Crippen molar-refractivity contribution < 1.29 is 9.53 Å². The number of rotatable bonds is 4. The maximum atomic E-state index is 11.8. The molecule has 0 heterocycles. The predicted octanol–water partition coefficient (Wildman–Crippen LogP) is 3.68. The molecule has 92 valence electrons. The maximum Gasteiger partial charge on any atom is 0.315 e. The quantitative estimate of drug-likeness (QED) is 0.740. The van der Waals surface area contributed by atoms with E-state index in [1.807, 2.05) is 64.1 Å². The number of esters is 1. The first-order valence-corrected chi connectivity index (χ1v) is 5.89. The predicted molar refractivity (Wildman–Crippen MR) is 70.5 cm³/mol. The largest absolute Gasteiger partial charge is 0.465 e. The molecule has 0 amide bonds. The van der Waals surface area contributed by atoms with E-state index in [2.05, 4.69) is 0 Å². The highest BCUT2D eigenvalue weighted by molar-refractivity contribution is 5.81. The van der Waals surface area contributed by atoms with E-state index in [1.54, 1.807) is 0 Å². The molecule has 0 spiro atoms. The zero-order valence-corrected chi connectivity index (χ0v) is 11.0. The summed E-state index contributed by atoms with van der Waals surface area (Å²) in [6.07, 6.45) is 1.96. The lowest BCUT2D eigenvalue weighted by atomic mass is 9.89. The Kier molecular flexibility index (Phi) is 4.50. The van der Waals surface area contributed by atoms with Crippen molar-refractivity contribution in [3.8, 4) is 0 Å². The van der Waals surface area contributed by atoms with Gasteiger partial charge in [0.25, 0.3) is 0 Å². The monoisotopic (exact) mass is 232 g/mol. The Morgan fingerprint density at radius 3 is 2.41 bits per heavy atom. The van der Waals surface area contributed by atoms with E-state index < -0.39 is 5.41 Å². The lowest BCUT2D eigenvalue weighted by Crippen LogP contribution is -2.24. The van der Waals surface area contributed by atoms with E-state index in [0.29, 0.717) is 6.61 Å².